The van der Waals surface area contributed by atoms with Gasteiger partial charge in [0.25, 0.3) is 0 Å². The summed E-state index contributed by atoms with van der Waals surface area (Å²) in [6.07, 6.45) is 1.82. The van der Waals surface area contributed by atoms with E-state index >= 15 is 0 Å². The van der Waals surface area contributed by atoms with Gasteiger partial charge in [0, 0.05) is 18.5 Å². The molecule has 0 bridgehead atoms. The second kappa shape index (κ2) is 6.03. The number of nitrogens with two attached hydrogens (primary N) is 1. The van der Waals surface area contributed by atoms with E-state index in [1.54, 1.807) is 0 Å². The molecule has 0 aromatic heterocycles. The average Bonchev–Trinajstić information content (AvgIpc) is 2.66. The SMILES string of the molecule is CC(C)(CCN1CCCOc2ccccc21)/C(N)=N/O. The van der Waals surface area contributed by atoms with E-state index in [9.17, 15) is 0 Å². The van der Waals surface area contributed by atoms with Gasteiger partial charge >= 0.3 is 0 Å². The second-order valence-corrected chi connectivity index (χ2v) is 5.78. The molecule has 20 heavy (non-hydrogen) atoms. The van der Waals surface area contributed by atoms with Crippen molar-refractivity contribution in [3.05, 3.63) is 24.3 Å². The van der Waals surface area contributed by atoms with Crippen molar-refractivity contribution in [2.24, 2.45) is 16.3 Å². The van der Waals surface area contributed by atoms with Crippen molar-refractivity contribution in [1.82, 2.24) is 0 Å². The molecule has 0 fully saturated rings. The fraction of sp³-hybridized carbons (Fsp3) is 0.533. The van der Waals surface area contributed by atoms with Gasteiger partial charge in [-0.15, -0.1) is 0 Å². The summed E-state index contributed by atoms with van der Waals surface area (Å²) < 4.78 is 5.75. The van der Waals surface area contributed by atoms with Crippen LogP contribution < -0.4 is 15.4 Å². The summed E-state index contributed by atoms with van der Waals surface area (Å²) >= 11 is 0. The standard InChI is InChI=1S/C15H23N3O2/c1-15(2,14(16)17-19)8-10-18-9-5-11-20-13-7-4-3-6-12(13)18/h3-4,6-7,19H,5,8-11H2,1-2H3,(H2,16,17). The summed E-state index contributed by atoms with van der Waals surface area (Å²) in [6, 6.07) is 8.09. The second-order valence-electron chi connectivity index (χ2n) is 5.78. The Balaban J connectivity index is 2.10. The summed E-state index contributed by atoms with van der Waals surface area (Å²) in [5, 5.41) is 12.0. The van der Waals surface area contributed by atoms with Crippen LogP contribution in [0.25, 0.3) is 0 Å². The predicted octanol–water partition coefficient (Wildman–Crippen LogP) is 2.44. The number of amidine groups is 1. The Bertz CT molecular complexity index is 486. The maximum atomic E-state index is 8.84. The number of hydrogen-bond acceptors (Lipinski definition) is 4. The Hall–Kier alpha value is -1.91. The fourth-order valence-electron chi connectivity index (χ4n) is 2.31. The van der Waals surface area contributed by atoms with Gasteiger partial charge in [0.2, 0.25) is 0 Å². The van der Waals surface area contributed by atoms with E-state index in [1.807, 2.05) is 32.0 Å². The Morgan fingerprint density at radius 2 is 2.20 bits per heavy atom. The third-order valence-electron chi connectivity index (χ3n) is 3.84. The number of anilines is 1. The van der Waals surface area contributed by atoms with Gasteiger partial charge in [-0.2, -0.15) is 0 Å². The summed E-state index contributed by atoms with van der Waals surface area (Å²) in [4.78, 5) is 2.31. The number of oxime groups is 1. The van der Waals surface area contributed by atoms with E-state index < -0.39 is 0 Å². The van der Waals surface area contributed by atoms with Crippen molar-refractivity contribution in [3.8, 4) is 5.75 Å². The fourth-order valence-corrected chi connectivity index (χ4v) is 2.31. The number of fused-ring (bicyclic) bond motifs is 1. The molecular weight excluding hydrogens is 254 g/mol. The molecule has 0 radical (unpaired) electrons. The van der Waals surface area contributed by atoms with E-state index in [4.69, 9.17) is 15.7 Å². The molecule has 0 saturated carbocycles. The molecule has 5 heteroatoms. The minimum atomic E-state index is -0.323. The Kier molecular flexibility index (Phi) is 4.37. The van der Waals surface area contributed by atoms with Crippen molar-refractivity contribution >= 4 is 11.5 Å². The number of rotatable bonds is 4. The quantitative estimate of drug-likeness (QED) is 0.384. The molecule has 0 aliphatic carbocycles. The smallest absolute Gasteiger partial charge is 0.144 e. The average molecular weight is 277 g/mol. The molecule has 2 rings (SSSR count). The highest BCUT2D eigenvalue weighted by Crippen LogP contribution is 2.32. The van der Waals surface area contributed by atoms with Crippen LogP contribution in [0.15, 0.2) is 29.4 Å². The monoisotopic (exact) mass is 277 g/mol. The Labute approximate surface area is 120 Å². The largest absolute Gasteiger partial charge is 0.491 e. The minimum Gasteiger partial charge on any atom is -0.491 e. The van der Waals surface area contributed by atoms with E-state index in [2.05, 4.69) is 16.1 Å². The third-order valence-corrected chi connectivity index (χ3v) is 3.84. The first-order valence-electron chi connectivity index (χ1n) is 6.99. The Morgan fingerprint density at radius 3 is 2.95 bits per heavy atom. The van der Waals surface area contributed by atoms with Crippen LogP contribution in [-0.2, 0) is 0 Å². The van der Waals surface area contributed by atoms with Crippen molar-refractivity contribution in [2.75, 3.05) is 24.6 Å². The highest BCUT2D eigenvalue weighted by atomic mass is 16.5. The van der Waals surface area contributed by atoms with Crippen molar-refractivity contribution in [1.29, 1.82) is 0 Å². The van der Waals surface area contributed by atoms with Gasteiger partial charge in [0.1, 0.15) is 11.6 Å². The lowest BCUT2D eigenvalue weighted by Crippen LogP contribution is -2.36. The zero-order valence-corrected chi connectivity index (χ0v) is 12.2. The third kappa shape index (κ3) is 3.15. The normalized spacial score (nSPS) is 16.3. The zero-order valence-electron chi connectivity index (χ0n) is 12.2. The van der Waals surface area contributed by atoms with Crippen LogP contribution in [-0.4, -0.2) is 30.7 Å². The summed E-state index contributed by atoms with van der Waals surface area (Å²) in [6.45, 7) is 6.54. The molecule has 5 nitrogen and oxygen atoms in total. The maximum absolute atomic E-state index is 8.84. The van der Waals surface area contributed by atoms with Gasteiger partial charge in [-0.3, -0.25) is 0 Å². The van der Waals surface area contributed by atoms with Gasteiger partial charge in [0.15, 0.2) is 0 Å². The number of benzene rings is 1. The van der Waals surface area contributed by atoms with Crippen LogP contribution in [0.4, 0.5) is 5.69 Å². The lowest BCUT2D eigenvalue weighted by atomic mass is 9.88. The molecule has 1 aromatic rings. The van der Waals surface area contributed by atoms with Crippen molar-refractivity contribution < 1.29 is 9.94 Å². The molecule has 110 valence electrons. The van der Waals surface area contributed by atoms with Gasteiger partial charge in [-0.05, 0) is 25.0 Å². The molecule has 0 amide bonds. The number of para-hydroxylation sites is 2. The zero-order chi connectivity index (χ0) is 14.6. The highest BCUT2D eigenvalue weighted by molar-refractivity contribution is 5.85. The first-order chi connectivity index (χ1) is 9.54. The first kappa shape index (κ1) is 14.5. The molecule has 0 unspecified atom stereocenters. The molecule has 0 spiro atoms. The molecule has 1 aliphatic heterocycles. The van der Waals surface area contributed by atoms with Crippen molar-refractivity contribution in [2.45, 2.75) is 26.7 Å². The van der Waals surface area contributed by atoms with Crippen LogP contribution >= 0.6 is 0 Å². The van der Waals surface area contributed by atoms with Gasteiger partial charge in [-0.1, -0.05) is 31.1 Å². The van der Waals surface area contributed by atoms with Gasteiger partial charge in [-0.25, -0.2) is 0 Å². The topological polar surface area (TPSA) is 71.1 Å². The van der Waals surface area contributed by atoms with E-state index in [-0.39, 0.29) is 11.3 Å². The summed E-state index contributed by atoms with van der Waals surface area (Å²) in [5.41, 5.74) is 6.55. The molecular formula is C15H23N3O2. The number of nitrogens with zero attached hydrogens (tertiary/aromatic N) is 2. The van der Waals surface area contributed by atoms with E-state index in [0.717, 1.165) is 44.0 Å². The first-order valence-corrected chi connectivity index (χ1v) is 6.99. The predicted molar refractivity (Wildman–Crippen MR) is 80.6 cm³/mol. The molecule has 0 atom stereocenters. The van der Waals surface area contributed by atoms with Crippen LogP contribution in [0.1, 0.15) is 26.7 Å². The summed E-state index contributed by atoms with van der Waals surface area (Å²) in [5.74, 6) is 1.21. The van der Waals surface area contributed by atoms with Gasteiger partial charge in [0.05, 0.1) is 12.3 Å². The minimum absolute atomic E-state index is 0.275. The maximum Gasteiger partial charge on any atom is 0.144 e. The molecule has 1 aromatic carbocycles. The highest BCUT2D eigenvalue weighted by Gasteiger charge is 2.25. The van der Waals surface area contributed by atoms with Gasteiger partial charge < -0.3 is 20.6 Å². The summed E-state index contributed by atoms with van der Waals surface area (Å²) in [7, 11) is 0. The molecule has 0 saturated heterocycles. The molecule has 3 N–H and O–H groups in total. The lowest BCUT2D eigenvalue weighted by Gasteiger charge is -2.29. The lowest BCUT2D eigenvalue weighted by molar-refractivity contribution is 0.305. The van der Waals surface area contributed by atoms with Crippen LogP contribution in [0.2, 0.25) is 0 Å². The molecule has 1 heterocycles. The van der Waals surface area contributed by atoms with E-state index in [1.165, 1.54) is 0 Å². The molecule has 1 aliphatic rings. The van der Waals surface area contributed by atoms with Crippen LogP contribution in [0, 0.1) is 5.41 Å². The number of ether oxygens (including phenoxy) is 1. The number of hydrogen-bond donors (Lipinski definition) is 2. The van der Waals surface area contributed by atoms with E-state index in [0.29, 0.717) is 0 Å². The Morgan fingerprint density at radius 1 is 1.45 bits per heavy atom. The van der Waals surface area contributed by atoms with Crippen LogP contribution in [0.5, 0.6) is 5.75 Å². The van der Waals surface area contributed by atoms with Crippen LogP contribution in [0.3, 0.4) is 0 Å². The van der Waals surface area contributed by atoms with Crippen molar-refractivity contribution in [3.63, 3.8) is 0 Å².